The first-order valence-electron chi connectivity index (χ1n) is 8.81. The van der Waals surface area contributed by atoms with Crippen molar-refractivity contribution < 1.29 is 9.18 Å². The maximum atomic E-state index is 14.1. The Morgan fingerprint density at radius 1 is 1.20 bits per heavy atom. The van der Waals surface area contributed by atoms with E-state index in [2.05, 4.69) is 31.4 Å². The van der Waals surface area contributed by atoms with E-state index in [1.54, 1.807) is 29.5 Å². The molecule has 2 heterocycles. The summed E-state index contributed by atoms with van der Waals surface area (Å²) in [7, 11) is 0. The first-order valence-corrected chi connectivity index (χ1v) is 9.62. The highest BCUT2D eigenvalue weighted by Gasteiger charge is 2.36. The Bertz CT molecular complexity index is 837. The molecule has 25 heavy (non-hydrogen) atoms. The van der Waals surface area contributed by atoms with Gasteiger partial charge in [-0.15, -0.1) is 11.3 Å². The molecular formula is C20H23FN2OS. The van der Waals surface area contributed by atoms with E-state index >= 15 is 0 Å². The topological polar surface area (TPSA) is 41.1 Å². The van der Waals surface area contributed by atoms with Gasteiger partial charge in [-0.05, 0) is 42.2 Å². The zero-order valence-corrected chi connectivity index (χ0v) is 15.6. The number of carbonyl (C=O) groups is 1. The summed E-state index contributed by atoms with van der Waals surface area (Å²) < 4.78 is 14.1. The highest BCUT2D eigenvalue weighted by atomic mass is 32.1. The largest absolute Gasteiger partial charge is 0.353 e. The van der Waals surface area contributed by atoms with Crippen LogP contribution in [0.1, 0.15) is 59.7 Å². The molecule has 0 spiro atoms. The zero-order valence-electron chi connectivity index (χ0n) is 14.8. The molecule has 132 valence electrons. The van der Waals surface area contributed by atoms with E-state index in [0.29, 0.717) is 11.5 Å². The Balaban J connectivity index is 1.67. The molecule has 1 aromatic carbocycles. The number of nitrogens with one attached hydrogen (secondary N) is 2. The lowest BCUT2D eigenvalue weighted by atomic mass is 9.72. The molecule has 1 amide bonds. The molecule has 2 aromatic rings. The predicted molar refractivity (Wildman–Crippen MR) is 99.5 cm³/mol. The number of hydrogen-bond donors (Lipinski definition) is 2. The van der Waals surface area contributed by atoms with Crippen LogP contribution in [0.5, 0.6) is 0 Å². The third kappa shape index (κ3) is 2.84. The summed E-state index contributed by atoms with van der Waals surface area (Å²) in [5.74, 6) is 0.233. The van der Waals surface area contributed by atoms with Gasteiger partial charge in [0.25, 0.3) is 5.91 Å². The smallest absolute Gasteiger partial charge is 0.256 e. The lowest BCUT2D eigenvalue weighted by molar-refractivity contribution is 0.0934. The fourth-order valence-corrected chi connectivity index (χ4v) is 5.26. The van der Waals surface area contributed by atoms with Crippen LogP contribution in [-0.4, -0.2) is 5.91 Å². The first-order chi connectivity index (χ1) is 11.8. The Morgan fingerprint density at radius 2 is 1.96 bits per heavy atom. The number of halogens is 1. The summed E-state index contributed by atoms with van der Waals surface area (Å²) >= 11 is 1.67. The Labute approximate surface area is 151 Å². The molecule has 4 rings (SSSR count). The third-order valence-electron chi connectivity index (χ3n) is 5.48. The highest BCUT2D eigenvalue weighted by Crippen LogP contribution is 2.46. The van der Waals surface area contributed by atoms with Gasteiger partial charge in [0.15, 0.2) is 0 Å². The number of rotatable bonds is 1. The zero-order chi connectivity index (χ0) is 17.8. The molecule has 1 aliphatic heterocycles. The van der Waals surface area contributed by atoms with Crippen molar-refractivity contribution in [3.63, 3.8) is 0 Å². The fraction of sp³-hybridized carbons (Fsp3) is 0.450. The second-order valence-electron chi connectivity index (χ2n) is 8.09. The van der Waals surface area contributed by atoms with E-state index in [1.807, 2.05) is 0 Å². The van der Waals surface area contributed by atoms with Gasteiger partial charge in [-0.2, -0.15) is 0 Å². The van der Waals surface area contributed by atoms with Crippen LogP contribution in [-0.2, 0) is 12.8 Å². The number of carbonyl (C=O) groups excluding carboxylic acids is 1. The van der Waals surface area contributed by atoms with E-state index in [4.69, 9.17) is 0 Å². The molecule has 0 saturated heterocycles. The predicted octanol–water partition coefficient (Wildman–Crippen LogP) is 4.89. The Morgan fingerprint density at radius 3 is 2.68 bits per heavy atom. The van der Waals surface area contributed by atoms with Crippen molar-refractivity contribution in [1.29, 1.82) is 0 Å². The van der Waals surface area contributed by atoms with Crippen molar-refractivity contribution in [2.24, 2.45) is 11.3 Å². The van der Waals surface area contributed by atoms with E-state index in [-0.39, 0.29) is 17.1 Å². The average Bonchev–Trinajstić information content (AvgIpc) is 2.92. The Hall–Kier alpha value is -1.88. The van der Waals surface area contributed by atoms with Crippen LogP contribution in [0.25, 0.3) is 0 Å². The molecular weight excluding hydrogens is 335 g/mol. The monoisotopic (exact) mass is 358 g/mol. The van der Waals surface area contributed by atoms with E-state index < -0.39 is 6.17 Å². The lowest BCUT2D eigenvalue weighted by Gasteiger charge is -2.34. The van der Waals surface area contributed by atoms with Crippen molar-refractivity contribution in [2.45, 2.75) is 46.2 Å². The second kappa shape index (κ2) is 5.84. The molecule has 0 saturated carbocycles. The molecule has 5 heteroatoms. The molecule has 1 aromatic heterocycles. The quantitative estimate of drug-likeness (QED) is 0.762. The summed E-state index contributed by atoms with van der Waals surface area (Å²) in [4.78, 5) is 14.0. The van der Waals surface area contributed by atoms with Crippen LogP contribution < -0.4 is 10.6 Å². The average molecular weight is 358 g/mol. The maximum absolute atomic E-state index is 14.1. The van der Waals surface area contributed by atoms with Crippen molar-refractivity contribution in [3.8, 4) is 0 Å². The van der Waals surface area contributed by atoms with Crippen LogP contribution in [0.15, 0.2) is 24.3 Å². The van der Waals surface area contributed by atoms with Gasteiger partial charge < -0.3 is 10.6 Å². The van der Waals surface area contributed by atoms with E-state index in [9.17, 15) is 9.18 Å². The number of amides is 1. The summed E-state index contributed by atoms with van der Waals surface area (Å²) in [5.41, 5.74) is 2.71. The van der Waals surface area contributed by atoms with Crippen molar-refractivity contribution >= 4 is 22.2 Å². The molecule has 2 atom stereocenters. The van der Waals surface area contributed by atoms with Crippen LogP contribution in [0.3, 0.4) is 0 Å². The number of hydrogen-bond acceptors (Lipinski definition) is 3. The standard InChI is InChI=1S/C20H23FN2OS/c1-20(2,3)11-8-9-13-15(10-11)25-19-16(13)18(24)22-17(23-19)12-6-4-5-7-14(12)21/h4-7,11,17,23H,8-10H2,1-3H3,(H,22,24)/t11-,17-/m0/s1. The Kier molecular flexibility index (Phi) is 3.87. The molecule has 0 radical (unpaired) electrons. The number of fused-ring (bicyclic) bond motifs is 3. The fourth-order valence-electron chi connectivity index (χ4n) is 3.90. The number of anilines is 1. The summed E-state index contributed by atoms with van der Waals surface area (Å²) in [6.07, 6.45) is 2.57. The van der Waals surface area contributed by atoms with Gasteiger partial charge in [0.2, 0.25) is 0 Å². The third-order valence-corrected chi connectivity index (χ3v) is 6.67. The van der Waals surface area contributed by atoms with Crippen LogP contribution >= 0.6 is 11.3 Å². The van der Waals surface area contributed by atoms with Crippen molar-refractivity contribution in [3.05, 3.63) is 51.7 Å². The first kappa shape index (κ1) is 16.6. The molecule has 0 unspecified atom stereocenters. The van der Waals surface area contributed by atoms with Gasteiger partial charge in [-0.25, -0.2) is 4.39 Å². The minimum Gasteiger partial charge on any atom is -0.353 e. The molecule has 0 bridgehead atoms. The molecule has 3 nitrogen and oxygen atoms in total. The van der Waals surface area contributed by atoms with Crippen molar-refractivity contribution in [1.82, 2.24) is 5.32 Å². The van der Waals surface area contributed by atoms with Crippen LogP contribution in [0.4, 0.5) is 9.39 Å². The normalized spacial score (nSPS) is 22.6. The highest BCUT2D eigenvalue weighted by molar-refractivity contribution is 7.16. The maximum Gasteiger partial charge on any atom is 0.256 e. The van der Waals surface area contributed by atoms with Gasteiger partial charge in [-0.1, -0.05) is 39.0 Å². The van der Waals surface area contributed by atoms with Crippen LogP contribution in [0, 0.1) is 17.2 Å². The number of thiophene rings is 1. The summed E-state index contributed by atoms with van der Waals surface area (Å²) in [6, 6.07) is 6.58. The summed E-state index contributed by atoms with van der Waals surface area (Å²) in [6.45, 7) is 6.86. The van der Waals surface area contributed by atoms with E-state index in [1.165, 1.54) is 16.5 Å². The SMILES string of the molecule is CC(C)(C)[C@H]1CCc2c(sc3c2C(=O)N[C@H](c2ccccc2F)N3)C1. The van der Waals surface area contributed by atoms with E-state index in [0.717, 1.165) is 29.8 Å². The minimum absolute atomic E-state index is 0.0892. The second-order valence-corrected chi connectivity index (χ2v) is 9.19. The minimum atomic E-state index is -0.514. The molecule has 1 aliphatic carbocycles. The molecule has 0 fully saturated rings. The van der Waals surface area contributed by atoms with Gasteiger partial charge in [-0.3, -0.25) is 4.79 Å². The van der Waals surface area contributed by atoms with Gasteiger partial charge >= 0.3 is 0 Å². The van der Waals surface area contributed by atoms with Gasteiger partial charge in [0.05, 0.1) is 5.56 Å². The van der Waals surface area contributed by atoms with Gasteiger partial charge in [0, 0.05) is 10.4 Å². The van der Waals surface area contributed by atoms with Crippen molar-refractivity contribution in [2.75, 3.05) is 5.32 Å². The lowest BCUT2D eigenvalue weighted by Crippen LogP contribution is -2.38. The summed E-state index contributed by atoms with van der Waals surface area (Å²) in [5, 5.41) is 7.15. The molecule has 2 aliphatic rings. The molecule has 2 N–H and O–H groups in total. The van der Waals surface area contributed by atoms with Gasteiger partial charge in [0.1, 0.15) is 17.0 Å². The van der Waals surface area contributed by atoms with Crippen LogP contribution in [0.2, 0.25) is 0 Å². The number of benzene rings is 1.